The molecule has 0 aromatic carbocycles. The number of nitrogens with zero attached hydrogens (tertiary/aromatic N) is 1. The molecule has 0 radical (unpaired) electrons. The third-order valence-corrected chi connectivity index (χ3v) is 1.92. The molecule has 1 saturated heterocycles. The van der Waals surface area contributed by atoms with Crippen LogP contribution in [-0.2, 0) is 9.59 Å². The van der Waals surface area contributed by atoms with Gasteiger partial charge in [-0.05, 0) is 6.92 Å². The van der Waals surface area contributed by atoms with Crippen LogP contribution in [0.3, 0.4) is 0 Å². The maximum Gasteiger partial charge on any atom is 0.223 e. The molecule has 0 unspecified atom stereocenters. The third kappa shape index (κ3) is 1.17. The van der Waals surface area contributed by atoms with Crippen molar-refractivity contribution < 1.29 is 9.59 Å². The summed E-state index contributed by atoms with van der Waals surface area (Å²) in [5.74, 6) is 0.162. The zero-order chi connectivity index (χ0) is 7.72. The number of Topliss-reactive ketones (excluding diaryl/α,β-unsaturated/α-hetero) is 1. The van der Waals surface area contributed by atoms with Gasteiger partial charge in [0.15, 0.2) is 0 Å². The van der Waals surface area contributed by atoms with Crippen molar-refractivity contribution in [3.05, 3.63) is 0 Å². The van der Waals surface area contributed by atoms with Gasteiger partial charge in [-0.15, -0.1) is 0 Å². The summed E-state index contributed by atoms with van der Waals surface area (Å²) in [5, 5.41) is 0. The summed E-state index contributed by atoms with van der Waals surface area (Å²) >= 11 is 0. The average molecular weight is 141 g/mol. The minimum absolute atomic E-state index is 0.0440. The second kappa shape index (κ2) is 2.40. The lowest BCUT2D eigenvalue weighted by molar-refractivity contribution is -0.127. The molecule has 1 aliphatic rings. The van der Waals surface area contributed by atoms with E-state index >= 15 is 0 Å². The molecular weight excluding hydrogens is 130 g/mol. The van der Waals surface area contributed by atoms with Crippen molar-refractivity contribution >= 4 is 11.7 Å². The van der Waals surface area contributed by atoms with Gasteiger partial charge in [-0.2, -0.15) is 0 Å². The number of likely N-dealkylation sites (tertiary alicyclic amines) is 1. The first-order valence-corrected chi connectivity index (χ1v) is 3.35. The third-order valence-electron chi connectivity index (χ3n) is 1.92. The molecule has 1 amide bonds. The van der Waals surface area contributed by atoms with Crippen LogP contribution in [-0.4, -0.2) is 30.2 Å². The number of carbonyl (C=O) groups is 2. The molecule has 0 bridgehead atoms. The van der Waals surface area contributed by atoms with E-state index < -0.39 is 0 Å². The summed E-state index contributed by atoms with van der Waals surface area (Å²) < 4.78 is 0. The zero-order valence-corrected chi connectivity index (χ0v) is 6.26. The molecule has 0 N–H and O–H groups in total. The minimum atomic E-state index is -0.0440. The zero-order valence-electron chi connectivity index (χ0n) is 6.26. The number of ketones is 1. The molecule has 3 heteroatoms. The summed E-state index contributed by atoms with van der Waals surface area (Å²) in [4.78, 5) is 23.2. The average Bonchev–Trinajstić information content (AvgIpc) is 2.13. The quantitative estimate of drug-likeness (QED) is 0.517. The van der Waals surface area contributed by atoms with E-state index in [0.717, 1.165) is 0 Å². The largest absolute Gasteiger partial charge is 0.345 e. The van der Waals surface area contributed by atoms with Gasteiger partial charge < -0.3 is 4.90 Å². The van der Waals surface area contributed by atoms with Gasteiger partial charge >= 0.3 is 0 Å². The maximum absolute atomic E-state index is 10.9. The molecule has 0 saturated carbocycles. The van der Waals surface area contributed by atoms with Gasteiger partial charge in [0, 0.05) is 25.9 Å². The monoisotopic (exact) mass is 141 g/mol. The molecule has 0 aromatic heterocycles. The Morgan fingerprint density at radius 3 is 2.50 bits per heavy atom. The van der Waals surface area contributed by atoms with Gasteiger partial charge in [0.1, 0.15) is 5.78 Å². The van der Waals surface area contributed by atoms with Crippen LogP contribution >= 0.6 is 0 Å². The molecule has 1 heterocycles. The van der Waals surface area contributed by atoms with E-state index in [4.69, 9.17) is 0 Å². The van der Waals surface area contributed by atoms with E-state index in [0.29, 0.717) is 13.0 Å². The van der Waals surface area contributed by atoms with Gasteiger partial charge in [0.05, 0.1) is 0 Å². The highest BCUT2D eigenvalue weighted by Gasteiger charge is 2.29. The lowest BCUT2D eigenvalue weighted by Gasteiger charge is -2.06. The normalized spacial score (nSPS) is 25.6. The summed E-state index contributed by atoms with van der Waals surface area (Å²) in [5.41, 5.74) is 0. The molecule has 3 nitrogen and oxygen atoms in total. The Bertz CT molecular complexity index is 176. The van der Waals surface area contributed by atoms with Crippen LogP contribution in [0.4, 0.5) is 0 Å². The fourth-order valence-corrected chi connectivity index (χ4v) is 1.14. The number of rotatable bonds is 1. The van der Waals surface area contributed by atoms with E-state index in [1.807, 2.05) is 0 Å². The fraction of sp³-hybridized carbons (Fsp3) is 0.714. The van der Waals surface area contributed by atoms with Crippen molar-refractivity contribution in [1.29, 1.82) is 0 Å². The maximum atomic E-state index is 10.9. The Kier molecular flexibility index (Phi) is 1.74. The molecule has 1 atom stereocenters. The Morgan fingerprint density at radius 1 is 1.70 bits per heavy atom. The van der Waals surface area contributed by atoms with Crippen LogP contribution < -0.4 is 0 Å². The smallest absolute Gasteiger partial charge is 0.223 e. The first-order chi connectivity index (χ1) is 4.61. The van der Waals surface area contributed by atoms with Crippen molar-refractivity contribution in [2.24, 2.45) is 5.92 Å². The molecule has 1 aliphatic heterocycles. The number of amides is 1. The highest BCUT2D eigenvalue weighted by Crippen LogP contribution is 2.15. The molecule has 0 aromatic rings. The first-order valence-electron chi connectivity index (χ1n) is 3.35. The van der Waals surface area contributed by atoms with Crippen LogP contribution in [0, 0.1) is 5.92 Å². The molecule has 56 valence electrons. The lowest BCUT2D eigenvalue weighted by Crippen LogP contribution is -2.20. The Morgan fingerprint density at radius 2 is 2.30 bits per heavy atom. The van der Waals surface area contributed by atoms with Crippen LogP contribution in [0.25, 0.3) is 0 Å². The molecule has 1 fully saturated rings. The first kappa shape index (κ1) is 7.25. The summed E-state index contributed by atoms with van der Waals surface area (Å²) in [6, 6.07) is 0. The summed E-state index contributed by atoms with van der Waals surface area (Å²) in [6.07, 6.45) is 0.409. The van der Waals surface area contributed by atoms with Gasteiger partial charge in [-0.1, -0.05) is 0 Å². The van der Waals surface area contributed by atoms with Crippen LogP contribution in [0.5, 0.6) is 0 Å². The van der Waals surface area contributed by atoms with Crippen molar-refractivity contribution in [2.75, 3.05) is 13.6 Å². The van der Waals surface area contributed by atoms with Crippen molar-refractivity contribution in [2.45, 2.75) is 13.3 Å². The second-order valence-electron chi connectivity index (χ2n) is 2.79. The fourth-order valence-electron chi connectivity index (χ4n) is 1.14. The summed E-state index contributed by atoms with van der Waals surface area (Å²) in [7, 11) is 1.73. The molecule has 0 aliphatic carbocycles. The number of hydrogen-bond donors (Lipinski definition) is 0. The highest BCUT2D eigenvalue weighted by atomic mass is 16.2. The standard InChI is InChI=1S/C7H11NO2/c1-5(9)6-3-7(10)8(2)4-6/h6H,3-4H2,1-2H3/t6-/m1/s1. The lowest BCUT2D eigenvalue weighted by atomic mass is 10.1. The predicted molar refractivity (Wildman–Crippen MR) is 36.4 cm³/mol. The van der Waals surface area contributed by atoms with E-state index in [1.165, 1.54) is 6.92 Å². The SMILES string of the molecule is CC(=O)[C@@H]1CC(=O)N(C)C1. The van der Waals surface area contributed by atoms with E-state index in [-0.39, 0.29) is 17.6 Å². The molecule has 0 spiro atoms. The van der Waals surface area contributed by atoms with Crippen LogP contribution in [0.2, 0.25) is 0 Å². The Hall–Kier alpha value is -0.860. The van der Waals surface area contributed by atoms with Crippen molar-refractivity contribution in [3.63, 3.8) is 0 Å². The number of hydrogen-bond acceptors (Lipinski definition) is 2. The number of carbonyl (C=O) groups excluding carboxylic acids is 2. The van der Waals surface area contributed by atoms with Crippen LogP contribution in [0.1, 0.15) is 13.3 Å². The summed E-state index contributed by atoms with van der Waals surface area (Å²) in [6.45, 7) is 2.14. The van der Waals surface area contributed by atoms with Gasteiger partial charge in [0.25, 0.3) is 0 Å². The van der Waals surface area contributed by atoms with Crippen LogP contribution in [0.15, 0.2) is 0 Å². The highest BCUT2D eigenvalue weighted by molar-refractivity contribution is 5.88. The van der Waals surface area contributed by atoms with Gasteiger partial charge in [-0.3, -0.25) is 9.59 Å². The topological polar surface area (TPSA) is 37.4 Å². The van der Waals surface area contributed by atoms with Gasteiger partial charge in [0.2, 0.25) is 5.91 Å². The molecule has 10 heavy (non-hydrogen) atoms. The molecular formula is C7H11NO2. The van der Waals surface area contributed by atoms with Crippen molar-refractivity contribution in [3.8, 4) is 0 Å². The Balaban J connectivity index is 2.57. The van der Waals surface area contributed by atoms with Crippen molar-refractivity contribution in [1.82, 2.24) is 4.90 Å². The minimum Gasteiger partial charge on any atom is -0.345 e. The predicted octanol–water partition coefficient (Wildman–Crippen LogP) is 0.0537. The Labute approximate surface area is 60.0 Å². The molecule has 1 rings (SSSR count). The van der Waals surface area contributed by atoms with E-state index in [9.17, 15) is 9.59 Å². The van der Waals surface area contributed by atoms with E-state index in [2.05, 4.69) is 0 Å². The van der Waals surface area contributed by atoms with E-state index in [1.54, 1.807) is 11.9 Å². The van der Waals surface area contributed by atoms with Gasteiger partial charge in [-0.25, -0.2) is 0 Å². The second-order valence-corrected chi connectivity index (χ2v) is 2.79.